The van der Waals surface area contributed by atoms with E-state index in [0.29, 0.717) is 31.3 Å². The van der Waals surface area contributed by atoms with Gasteiger partial charge in [0.05, 0.1) is 19.6 Å². The maximum absolute atomic E-state index is 12.7. The molecule has 7 nitrogen and oxygen atoms in total. The van der Waals surface area contributed by atoms with Crippen molar-refractivity contribution in [3.63, 3.8) is 0 Å². The van der Waals surface area contributed by atoms with Crippen LogP contribution in [0.25, 0.3) is 11.4 Å². The maximum atomic E-state index is 12.7. The van der Waals surface area contributed by atoms with E-state index in [9.17, 15) is 4.79 Å². The lowest BCUT2D eigenvalue weighted by Crippen LogP contribution is -2.43. The van der Waals surface area contributed by atoms with Crippen molar-refractivity contribution in [1.82, 2.24) is 20.4 Å². The summed E-state index contributed by atoms with van der Waals surface area (Å²) in [7, 11) is 1.63. The zero-order chi connectivity index (χ0) is 23.8. The van der Waals surface area contributed by atoms with Crippen LogP contribution in [0.2, 0.25) is 5.02 Å². The van der Waals surface area contributed by atoms with E-state index in [1.165, 1.54) is 4.90 Å². The summed E-state index contributed by atoms with van der Waals surface area (Å²) in [5.41, 5.74) is 0.876. The van der Waals surface area contributed by atoms with Crippen molar-refractivity contribution in [3.05, 3.63) is 59.4 Å². The molecule has 1 aliphatic heterocycles. The van der Waals surface area contributed by atoms with Crippen LogP contribution in [0.15, 0.2) is 57.9 Å². The molecule has 1 aliphatic rings. The monoisotopic (exact) mass is 500 g/mol. The summed E-state index contributed by atoms with van der Waals surface area (Å²) in [4.78, 5) is 20.6. The molecule has 0 spiro atoms. The highest BCUT2D eigenvalue weighted by molar-refractivity contribution is 7.99. The van der Waals surface area contributed by atoms with Crippen LogP contribution in [0.4, 0.5) is 0 Å². The first kappa shape index (κ1) is 24.6. The SMILES string of the molecule is COc1ccc(-c2noc(CN3CCCC(C(=O)NCCCSc4ccc(Cl)cc4)C3)n2)cc1. The number of aromatic nitrogens is 2. The predicted octanol–water partition coefficient (Wildman–Crippen LogP) is 4.91. The Morgan fingerprint density at radius 3 is 2.79 bits per heavy atom. The Balaban J connectivity index is 1.19. The number of amides is 1. The minimum absolute atomic E-state index is 0.0124. The maximum Gasteiger partial charge on any atom is 0.241 e. The van der Waals surface area contributed by atoms with Crippen molar-refractivity contribution in [2.75, 3.05) is 32.5 Å². The fourth-order valence-corrected chi connectivity index (χ4v) is 4.91. The zero-order valence-corrected chi connectivity index (χ0v) is 20.8. The lowest BCUT2D eigenvalue weighted by atomic mass is 9.97. The van der Waals surface area contributed by atoms with Crippen LogP contribution in [-0.4, -0.2) is 53.4 Å². The van der Waals surface area contributed by atoms with Gasteiger partial charge in [0, 0.05) is 28.6 Å². The minimum Gasteiger partial charge on any atom is -0.497 e. The molecule has 180 valence electrons. The lowest BCUT2D eigenvalue weighted by molar-refractivity contribution is -0.126. The molecule has 1 aromatic heterocycles. The van der Waals surface area contributed by atoms with E-state index in [-0.39, 0.29) is 11.8 Å². The normalized spacial score (nSPS) is 16.4. The molecule has 2 heterocycles. The van der Waals surface area contributed by atoms with Crippen molar-refractivity contribution < 1.29 is 14.1 Å². The molecule has 0 aliphatic carbocycles. The van der Waals surface area contributed by atoms with E-state index in [2.05, 4.69) is 20.4 Å². The predicted molar refractivity (Wildman–Crippen MR) is 134 cm³/mol. The number of benzene rings is 2. The minimum atomic E-state index is -0.0124. The van der Waals surface area contributed by atoms with Gasteiger partial charge >= 0.3 is 0 Å². The molecule has 34 heavy (non-hydrogen) atoms. The zero-order valence-electron chi connectivity index (χ0n) is 19.2. The van der Waals surface area contributed by atoms with Crippen molar-refractivity contribution in [1.29, 1.82) is 0 Å². The number of hydrogen-bond acceptors (Lipinski definition) is 7. The summed E-state index contributed by atoms with van der Waals surface area (Å²) in [5, 5.41) is 7.95. The Morgan fingerprint density at radius 1 is 1.24 bits per heavy atom. The van der Waals surface area contributed by atoms with Gasteiger partial charge in [-0.15, -0.1) is 11.8 Å². The number of rotatable bonds is 10. The second kappa shape index (κ2) is 12.2. The van der Waals surface area contributed by atoms with Crippen LogP contribution in [0.5, 0.6) is 5.75 Å². The van der Waals surface area contributed by atoms with Gasteiger partial charge in [0.15, 0.2) is 0 Å². The summed E-state index contributed by atoms with van der Waals surface area (Å²) in [6.45, 7) is 2.85. The number of nitrogens with zero attached hydrogens (tertiary/aromatic N) is 3. The van der Waals surface area contributed by atoms with Crippen LogP contribution >= 0.6 is 23.4 Å². The van der Waals surface area contributed by atoms with E-state index in [1.807, 2.05) is 48.5 Å². The summed E-state index contributed by atoms with van der Waals surface area (Å²) in [6, 6.07) is 15.4. The molecule has 1 fully saturated rings. The van der Waals surface area contributed by atoms with Gasteiger partial charge in [0.25, 0.3) is 0 Å². The number of piperidine rings is 1. The van der Waals surface area contributed by atoms with Crippen molar-refractivity contribution in [2.45, 2.75) is 30.7 Å². The number of ether oxygens (including phenoxy) is 1. The Bertz CT molecular complexity index is 1060. The first-order valence-electron chi connectivity index (χ1n) is 11.5. The summed E-state index contributed by atoms with van der Waals surface area (Å²) in [6.07, 6.45) is 2.80. The Kier molecular flexibility index (Phi) is 8.85. The fraction of sp³-hybridized carbons (Fsp3) is 0.400. The molecule has 0 radical (unpaired) electrons. The molecule has 1 N–H and O–H groups in total. The Morgan fingerprint density at radius 2 is 2.03 bits per heavy atom. The molecule has 9 heteroatoms. The smallest absolute Gasteiger partial charge is 0.241 e. The molecule has 2 aromatic carbocycles. The van der Waals surface area contributed by atoms with Crippen LogP contribution in [0, 0.1) is 5.92 Å². The fourth-order valence-electron chi connectivity index (χ4n) is 3.93. The average molecular weight is 501 g/mol. The number of hydrogen-bond donors (Lipinski definition) is 1. The Labute approximate surface area is 209 Å². The van der Waals surface area contributed by atoms with Gasteiger partial charge < -0.3 is 14.6 Å². The number of carbonyl (C=O) groups excluding carboxylic acids is 1. The average Bonchev–Trinajstić information content (AvgIpc) is 3.33. The molecule has 1 unspecified atom stereocenters. The number of nitrogens with one attached hydrogen (secondary N) is 1. The number of halogens is 1. The van der Waals surface area contributed by atoms with Crippen molar-refractivity contribution in [3.8, 4) is 17.1 Å². The second-order valence-electron chi connectivity index (χ2n) is 8.26. The highest BCUT2D eigenvalue weighted by Crippen LogP contribution is 2.23. The number of methoxy groups -OCH3 is 1. The Hall–Kier alpha value is -2.55. The van der Waals surface area contributed by atoms with E-state index in [1.54, 1.807) is 18.9 Å². The van der Waals surface area contributed by atoms with E-state index in [0.717, 1.165) is 47.9 Å². The largest absolute Gasteiger partial charge is 0.497 e. The molecule has 0 bridgehead atoms. The molecule has 1 atom stereocenters. The third-order valence-corrected chi connectivity index (χ3v) is 7.10. The van der Waals surface area contributed by atoms with E-state index < -0.39 is 0 Å². The lowest BCUT2D eigenvalue weighted by Gasteiger charge is -2.30. The van der Waals surface area contributed by atoms with Crippen LogP contribution in [0.1, 0.15) is 25.2 Å². The third kappa shape index (κ3) is 6.98. The first-order valence-corrected chi connectivity index (χ1v) is 12.8. The van der Waals surface area contributed by atoms with Gasteiger partial charge in [-0.1, -0.05) is 16.8 Å². The molecule has 4 rings (SSSR count). The first-order chi connectivity index (χ1) is 16.6. The topological polar surface area (TPSA) is 80.5 Å². The molecule has 1 amide bonds. The highest BCUT2D eigenvalue weighted by Gasteiger charge is 2.26. The molecule has 0 saturated carbocycles. The third-order valence-electron chi connectivity index (χ3n) is 5.75. The van der Waals surface area contributed by atoms with Crippen LogP contribution in [-0.2, 0) is 11.3 Å². The summed E-state index contributed by atoms with van der Waals surface area (Å²) < 4.78 is 10.7. The quantitative estimate of drug-likeness (QED) is 0.313. The van der Waals surface area contributed by atoms with Gasteiger partial charge in [0.2, 0.25) is 17.6 Å². The van der Waals surface area contributed by atoms with E-state index >= 15 is 0 Å². The molecular weight excluding hydrogens is 472 g/mol. The molecule has 1 saturated heterocycles. The van der Waals surface area contributed by atoms with Gasteiger partial charge in [-0.3, -0.25) is 9.69 Å². The molecule has 3 aromatic rings. The van der Waals surface area contributed by atoms with Crippen molar-refractivity contribution >= 4 is 29.3 Å². The second-order valence-corrected chi connectivity index (χ2v) is 9.87. The van der Waals surface area contributed by atoms with Crippen LogP contribution < -0.4 is 10.1 Å². The van der Waals surface area contributed by atoms with E-state index in [4.69, 9.17) is 20.9 Å². The number of carbonyl (C=O) groups is 1. The highest BCUT2D eigenvalue weighted by atomic mass is 35.5. The van der Waals surface area contributed by atoms with Gasteiger partial charge in [-0.2, -0.15) is 4.98 Å². The van der Waals surface area contributed by atoms with Gasteiger partial charge in [-0.25, -0.2) is 0 Å². The van der Waals surface area contributed by atoms with Crippen molar-refractivity contribution in [2.24, 2.45) is 5.92 Å². The summed E-state index contributed by atoms with van der Waals surface area (Å²) >= 11 is 7.69. The number of thioether (sulfide) groups is 1. The van der Waals surface area contributed by atoms with Gasteiger partial charge in [-0.05, 0) is 80.1 Å². The van der Waals surface area contributed by atoms with Crippen LogP contribution in [0.3, 0.4) is 0 Å². The summed E-state index contributed by atoms with van der Waals surface area (Å²) in [5.74, 6) is 2.97. The standard InChI is InChI=1S/C25H29ClN4O3S/c1-32-21-9-5-18(6-10-21)24-28-23(33-29-24)17-30-14-2-4-19(16-30)25(31)27-13-3-15-34-22-11-7-20(26)8-12-22/h5-12,19H,2-4,13-17H2,1H3,(H,27,31). The van der Waals surface area contributed by atoms with Gasteiger partial charge in [0.1, 0.15) is 5.75 Å². The molecular formula is C25H29ClN4O3S. The number of likely N-dealkylation sites (tertiary alicyclic amines) is 1.